The molecule has 6 heteroatoms. The minimum Gasteiger partial charge on any atom is -0.382 e. The number of hydrogen-bond donors (Lipinski definition) is 2. The van der Waals surface area contributed by atoms with Gasteiger partial charge in [-0.2, -0.15) is 0 Å². The Morgan fingerprint density at radius 1 is 1.08 bits per heavy atom. The second kappa shape index (κ2) is 10.8. The van der Waals surface area contributed by atoms with Crippen molar-refractivity contribution in [1.82, 2.24) is 5.32 Å². The number of carbonyl (C=O) groups excluding carboxylic acids is 1. The second-order valence-electron chi connectivity index (χ2n) is 5.42. The molecule has 25 heavy (non-hydrogen) atoms. The number of halogens is 1. The summed E-state index contributed by atoms with van der Waals surface area (Å²) >= 11 is 6.06. The van der Waals surface area contributed by atoms with Gasteiger partial charge in [0.25, 0.3) is 5.91 Å². The zero-order chi connectivity index (χ0) is 17.9. The molecule has 0 aromatic heterocycles. The Morgan fingerprint density at radius 3 is 2.72 bits per heavy atom. The van der Waals surface area contributed by atoms with E-state index >= 15 is 0 Å². The highest BCUT2D eigenvalue weighted by Crippen LogP contribution is 2.17. The largest absolute Gasteiger partial charge is 0.382 e. The number of carbonyl (C=O) groups is 1. The molecule has 0 spiro atoms. The van der Waals surface area contributed by atoms with Crippen LogP contribution in [-0.4, -0.2) is 39.4 Å². The normalized spacial score (nSPS) is 10.6. The predicted molar refractivity (Wildman–Crippen MR) is 100 cm³/mol. The van der Waals surface area contributed by atoms with Gasteiger partial charge in [0.2, 0.25) is 0 Å². The van der Waals surface area contributed by atoms with Gasteiger partial charge in [-0.3, -0.25) is 4.79 Å². The van der Waals surface area contributed by atoms with Gasteiger partial charge in [-0.1, -0.05) is 35.9 Å². The summed E-state index contributed by atoms with van der Waals surface area (Å²) in [5, 5.41) is 6.61. The maximum Gasteiger partial charge on any atom is 0.257 e. The van der Waals surface area contributed by atoms with Crippen molar-refractivity contribution < 1.29 is 14.3 Å². The molecule has 0 radical (unpaired) electrons. The molecule has 5 nitrogen and oxygen atoms in total. The summed E-state index contributed by atoms with van der Waals surface area (Å²) in [7, 11) is 1.65. The van der Waals surface area contributed by atoms with Crippen LogP contribution in [0.3, 0.4) is 0 Å². The Labute approximate surface area is 153 Å². The maximum absolute atomic E-state index is 12.3. The van der Waals surface area contributed by atoms with Crippen molar-refractivity contribution >= 4 is 23.2 Å². The molecule has 134 valence electrons. The highest BCUT2D eigenvalue weighted by molar-refractivity contribution is 6.34. The number of hydrogen-bond acceptors (Lipinski definition) is 4. The first-order valence-electron chi connectivity index (χ1n) is 8.13. The van der Waals surface area contributed by atoms with E-state index in [0.29, 0.717) is 37.0 Å². The first-order valence-corrected chi connectivity index (χ1v) is 8.50. The quantitative estimate of drug-likeness (QED) is 0.636. The molecule has 0 aliphatic carbocycles. The summed E-state index contributed by atoms with van der Waals surface area (Å²) in [6, 6.07) is 14.7. The number of rotatable bonds is 10. The van der Waals surface area contributed by atoms with Gasteiger partial charge in [0, 0.05) is 25.9 Å². The number of methoxy groups -OCH3 is 1. The van der Waals surface area contributed by atoms with Crippen LogP contribution in [0.1, 0.15) is 15.9 Å². The second-order valence-corrected chi connectivity index (χ2v) is 5.82. The van der Waals surface area contributed by atoms with E-state index in [9.17, 15) is 4.79 Å². The summed E-state index contributed by atoms with van der Waals surface area (Å²) in [6.45, 7) is 3.28. The molecule has 0 atom stereocenters. The summed E-state index contributed by atoms with van der Waals surface area (Å²) in [6.07, 6.45) is 0. The molecule has 2 aromatic rings. The molecular formula is C19H23ClN2O3. The number of benzene rings is 2. The van der Waals surface area contributed by atoms with E-state index in [-0.39, 0.29) is 5.91 Å². The van der Waals surface area contributed by atoms with Crippen molar-refractivity contribution in [2.75, 3.05) is 38.8 Å². The number of anilines is 1. The van der Waals surface area contributed by atoms with E-state index in [1.807, 2.05) is 24.3 Å². The Hall–Kier alpha value is -1.92. The van der Waals surface area contributed by atoms with E-state index in [4.69, 9.17) is 21.1 Å². The Balaban J connectivity index is 1.81. The van der Waals surface area contributed by atoms with Gasteiger partial charge in [-0.05, 0) is 29.8 Å². The van der Waals surface area contributed by atoms with Crippen LogP contribution < -0.4 is 10.6 Å². The fourth-order valence-electron chi connectivity index (χ4n) is 2.22. The molecule has 0 aliphatic heterocycles. The van der Waals surface area contributed by atoms with Crippen LogP contribution in [0.4, 0.5) is 5.69 Å². The molecule has 0 unspecified atom stereocenters. The van der Waals surface area contributed by atoms with Gasteiger partial charge in [0.05, 0.1) is 30.4 Å². The molecule has 0 fully saturated rings. The van der Waals surface area contributed by atoms with Gasteiger partial charge >= 0.3 is 0 Å². The molecule has 0 saturated carbocycles. The van der Waals surface area contributed by atoms with Crippen molar-refractivity contribution in [3.8, 4) is 0 Å². The summed E-state index contributed by atoms with van der Waals surface area (Å²) in [5.74, 6) is -0.220. The molecule has 0 heterocycles. The lowest BCUT2D eigenvalue weighted by Crippen LogP contribution is -2.20. The number of nitrogens with one attached hydrogen (secondary N) is 2. The summed E-state index contributed by atoms with van der Waals surface area (Å²) in [5.41, 5.74) is 2.27. The Kier molecular flexibility index (Phi) is 8.42. The van der Waals surface area contributed by atoms with Gasteiger partial charge < -0.3 is 20.1 Å². The van der Waals surface area contributed by atoms with Crippen LogP contribution in [-0.2, 0) is 16.0 Å². The van der Waals surface area contributed by atoms with E-state index in [1.165, 1.54) is 0 Å². The van der Waals surface area contributed by atoms with Crippen LogP contribution >= 0.6 is 11.6 Å². The molecule has 0 bridgehead atoms. The predicted octanol–water partition coefficient (Wildman–Crippen LogP) is 3.34. The molecular weight excluding hydrogens is 340 g/mol. The zero-order valence-electron chi connectivity index (χ0n) is 14.3. The minimum atomic E-state index is -0.220. The lowest BCUT2D eigenvalue weighted by molar-refractivity contribution is 0.0719. The lowest BCUT2D eigenvalue weighted by atomic mass is 10.1. The molecule has 2 N–H and O–H groups in total. The van der Waals surface area contributed by atoms with Crippen LogP contribution in [0.15, 0.2) is 48.5 Å². The fraction of sp³-hybridized carbons (Fsp3) is 0.316. The number of ether oxygens (including phenoxy) is 2. The van der Waals surface area contributed by atoms with E-state index in [1.54, 1.807) is 31.4 Å². The van der Waals surface area contributed by atoms with Crippen molar-refractivity contribution in [2.45, 2.75) is 6.54 Å². The highest BCUT2D eigenvalue weighted by atomic mass is 35.5. The SMILES string of the molecule is COCCOCCNCc1cccc(NC(=O)c2ccccc2Cl)c1. The Morgan fingerprint density at radius 2 is 1.92 bits per heavy atom. The van der Waals surface area contributed by atoms with Crippen molar-refractivity contribution in [3.05, 3.63) is 64.7 Å². The van der Waals surface area contributed by atoms with E-state index in [0.717, 1.165) is 17.8 Å². The summed E-state index contributed by atoms with van der Waals surface area (Å²) in [4.78, 5) is 12.3. The summed E-state index contributed by atoms with van der Waals surface area (Å²) < 4.78 is 10.3. The van der Waals surface area contributed by atoms with Crippen molar-refractivity contribution in [3.63, 3.8) is 0 Å². The third-order valence-electron chi connectivity index (χ3n) is 3.49. The molecule has 2 rings (SSSR count). The van der Waals surface area contributed by atoms with Crippen LogP contribution in [0, 0.1) is 0 Å². The van der Waals surface area contributed by atoms with E-state index in [2.05, 4.69) is 10.6 Å². The molecule has 0 saturated heterocycles. The average molecular weight is 363 g/mol. The van der Waals surface area contributed by atoms with E-state index < -0.39 is 0 Å². The van der Waals surface area contributed by atoms with Crippen LogP contribution in [0.2, 0.25) is 5.02 Å². The van der Waals surface area contributed by atoms with Gasteiger partial charge in [-0.25, -0.2) is 0 Å². The lowest BCUT2D eigenvalue weighted by Gasteiger charge is -2.09. The third kappa shape index (κ3) is 6.84. The van der Waals surface area contributed by atoms with Crippen LogP contribution in [0.25, 0.3) is 0 Å². The zero-order valence-corrected chi connectivity index (χ0v) is 15.0. The third-order valence-corrected chi connectivity index (χ3v) is 3.82. The first kappa shape index (κ1) is 19.4. The monoisotopic (exact) mass is 362 g/mol. The molecule has 1 amide bonds. The van der Waals surface area contributed by atoms with Crippen molar-refractivity contribution in [2.24, 2.45) is 0 Å². The van der Waals surface area contributed by atoms with Crippen LogP contribution in [0.5, 0.6) is 0 Å². The topological polar surface area (TPSA) is 59.6 Å². The minimum absolute atomic E-state index is 0.220. The van der Waals surface area contributed by atoms with Gasteiger partial charge in [0.15, 0.2) is 0 Å². The molecule has 2 aromatic carbocycles. The standard InChI is InChI=1S/C19H23ClN2O3/c1-24-11-12-25-10-9-21-14-15-5-4-6-16(13-15)22-19(23)17-7-2-3-8-18(17)20/h2-8,13,21H,9-12,14H2,1H3,(H,22,23). The highest BCUT2D eigenvalue weighted by Gasteiger charge is 2.09. The van der Waals surface area contributed by atoms with Crippen molar-refractivity contribution in [1.29, 1.82) is 0 Å². The number of amides is 1. The Bertz CT molecular complexity index is 679. The van der Waals surface area contributed by atoms with Gasteiger partial charge in [-0.15, -0.1) is 0 Å². The molecule has 0 aliphatic rings. The maximum atomic E-state index is 12.3. The van der Waals surface area contributed by atoms with Gasteiger partial charge in [0.1, 0.15) is 0 Å². The average Bonchev–Trinajstić information content (AvgIpc) is 2.61. The fourth-order valence-corrected chi connectivity index (χ4v) is 2.45. The smallest absolute Gasteiger partial charge is 0.257 e. The first-order chi connectivity index (χ1) is 12.2.